The first-order valence-corrected chi connectivity index (χ1v) is 5.87. The Morgan fingerprint density at radius 1 is 1.75 bits per heavy atom. The van der Waals surface area contributed by atoms with Crippen molar-refractivity contribution in [3.05, 3.63) is 16.3 Å². The van der Waals surface area contributed by atoms with E-state index in [-0.39, 0.29) is 11.1 Å². The van der Waals surface area contributed by atoms with Gasteiger partial charge in [-0.05, 0) is 30.1 Å². The van der Waals surface area contributed by atoms with Crippen molar-refractivity contribution in [3.63, 3.8) is 0 Å². The summed E-state index contributed by atoms with van der Waals surface area (Å²) < 4.78 is 0. The minimum Gasteiger partial charge on any atom is -0.393 e. The van der Waals surface area contributed by atoms with E-state index in [1.165, 1.54) is 6.20 Å². The fraction of sp³-hybridized carbons (Fsp3) is 0.667. The molecule has 0 radical (unpaired) electrons. The molecule has 1 heterocycles. The summed E-state index contributed by atoms with van der Waals surface area (Å²) in [4.78, 5) is 16.0. The second-order valence-electron chi connectivity index (χ2n) is 4.11. The van der Waals surface area contributed by atoms with Crippen LogP contribution in [0.3, 0.4) is 0 Å². The van der Waals surface area contributed by atoms with Gasteiger partial charge in [0.25, 0.3) is 0 Å². The topological polar surface area (TPSA) is 79.5 Å². The predicted octanol–water partition coefficient (Wildman–Crippen LogP) is 1.26. The summed E-state index contributed by atoms with van der Waals surface area (Å²) in [5.74, 6) is 0.475. The Kier molecular flexibility index (Phi) is 3.06. The Morgan fingerprint density at radius 2 is 2.44 bits per heavy atom. The summed E-state index contributed by atoms with van der Waals surface area (Å²) in [5, 5.41) is 20.4. The molecule has 1 fully saturated rings. The number of aromatic nitrogens is 1. The number of aliphatic hydroxyl groups is 1. The molecule has 1 aliphatic rings. The molecule has 0 saturated heterocycles. The zero-order valence-electron chi connectivity index (χ0n) is 8.87. The summed E-state index contributed by atoms with van der Waals surface area (Å²) in [6, 6.07) is 0. The van der Waals surface area contributed by atoms with Crippen LogP contribution in [0.25, 0.3) is 0 Å². The van der Waals surface area contributed by atoms with Crippen molar-refractivity contribution >= 4 is 21.5 Å². The van der Waals surface area contributed by atoms with E-state index in [1.807, 2.05) is 11.9 Å². The smallest absolute Gasteiger partial charge is 0.345 e. The Morgan fingerprint density at radius 3 is 2.94 bits per heavy atom. The van der Waals surface area contributed by atoms with Crippen molar-refractivity contribution in [1.82, 2.24) is 4.98 Å². The molecule has 2 rings (SSSR count). The Bertz CT molecular complexity index is 389. The molecule has 1 aromatic rings. The van der Waals surface area contributed by atoms with Crippen molar-refractivity contribution in [2.45, 2.75) is 18.9 Å². The van der Waals surface area contributed by atoms with Crippen LogP contribution in [0.1, 0.15) is 12.8 Å². The molecule has 1 aliphatic carbocycles. The van der Waals surface area contributed by atoms with Crippen LogP contribution < -0.4 is 4.90 Å². The fourth-order valence-corrected chi connectivity index (χ4v) is 2.54. The lowest BCUT2D eigenvalue weighted by molar-refractivity contribution is -0.380. The van der Waals surface area contributed by atoms with Gasteiger partial charge in [0.15, 0.2) is 5.13 Å². The van der Waals surface area contributed by atoms with E-state index in [0.717, 1.165) is 30.7 Å². The van der Waals surface area contributed by atoms with Gasteiger partial charge >= 0.3 is 5.00 Å². The van der Waals surface area contributed by atoms with Crippen molar-refractivity contribution < 1.29 is 10.0 Å². The molecular weight excluding hydrogens is 230 g/mol. The first-order chi connectivity index (χ1) is 7.56. The summed E-state index contributed by atoms with van der Waals surface area (Å²) in [7, 11) is 1.87. The lowest BCUT2D eigenvalue weighted by atomic mass is 9.82. The van der Waals surface area contributed by atoms with Crippen LogP contribution in [-0.4, -0.2) is 34.7 Å². The summed E-state index contributed by atoms with van der Waals surface area (Å²) in [6.07, 6.45) is 2.76. The van der Waals surface area contributed by atoms with E-state index in [1.54, 1.807) is 0 Å². The molecule has 0 spiro atoms. The van der Waals surface area contributed by atoms with Crippen LogP contribution in [0.4, 0.5) is 10.1 Å². The third kappa shape index (κ3) is 2.30. The van der Waals surface area contributed by atoms with Crippen LogP contribution in [0.15, 0.2) is 6.20 Å². The molecule has 1 saturated carbocycles. The molecule has 0 unspecified atom stereocenters. The van der Waals surface area contributed by atoms with Crippen LogP contribution >= 0.6 is 11.3 Å². The van der Waals surface area contributed by atoms with Crippen LogP contribution in [0.5, 0.6) is 0 Å². The minimum atomic E-state index is -0.428. The Balaban J connectivity index is 1.92. The number of thiazole rings is 1. The van der Waals surface area contributed by atoms with Gasteiger partial charge in [0.2, 0.25) is 0 Å². The molecule has 0 aromatic carbocycles. The van der Waals surface area contributed by atoms with E-state index in [0.29, 0.717) is 11.0 Å². The molecule has 6 nitrogen and oxygen atoms in total. The van der Waals surface area contributed by atoms with Gasteiger partial charge in [-0.15, -0.1) is 0 Å². The maximum Gasteiger partial charge on any atom is 0.345 e. The zero-order valence-corrected chi connectivity index (χ0v) is 9.68. The summed E-state index contributed by atoms with van der Waals surface area (Å²) in [6.45, 7) is 0.793. The summed E-state index contributed by atoms with van der Waals surface area (Å²) >= 11 is 1.08. The van der Waals surface area contributed by atoms with Crippen molar-refractivity contribution in [3.8, 4) is 0 Å². The maximum absolute atomic E-state index is 10.5. The first kappa shape index (κ1) is 11.3. The van der Waals surface area contributed by atoms with Crippen molar-refractivity contribution in [1.29, 1.82) is 0 Å². The number of hydrogen-bond donors (Lipinski definition) is 1. The predicted molar refractivity (Wildman–Crippen MR) is 60.8 cm³/mol. The quantitative estimate of drug-likeness (QED) is 0.636. The van der Waals surface area contributed by atoms with Gasteiger partial charge in [-0.1, -0.05) is 0 Å². The number of nitro groups is 1. The zero-order chi connectivity index (χ0) is 11.7. The largest absolute Gasteiger partial charge is 0.393 e. The molecule has 0 bridgehead atoms. The van der Waals surface area contributed by atoms with E-state index < -0.39 is 4.92 Å². The third-order valence-corrected chi connectivity index (χ3v) is 3.79. The SMILES string of the molecule is CN(CC1CC(O)C1)c1ncc([N+](=O)[O-])s1. The fourth-order valence-electron chi connectivity index (χ4n) is 1.83. The number of rotatable bonds is 4. The highest BCUT2D eigenvalue weighted by atomic mass is 32.1. The van der Waals surface area contributed by atoms with Crippen LogP contribution in [0, 0.1) is 16.0 Å². The molecule has 0 amide bonds. The van der Waals surface area contributed by atoms with Crippen LogP contribution in [-0.2, 0) is 0 Å². The molecule has 0 aliphatic heterocycles. The molecule has 0 atom stereocenters. The van der Waals surface area contributed by atoms with Crippen molar-refractivity contribution in [2.24, 2.45) is 5.92 Å². The summed E-state index contributed by atoms with van der Waals surface area (Å²) in [5.41, 5.74) is 0. The molecule has 16 heavy (non-hydrogen) atoms. The average molecular weight is 243 g/mol. The standard InChI is InChI=1S/C9H13N3O3S/c1-11(5-6-2-7(13)3-6)9-10-4-8(16-9)12(14)15/h4,6-7,13H,2-3,5H2,1H3. The van der Waals surface area contributed by atoms with Gasteiger partial charge in [-0.25, -0.2) is 4.98 Å². The Hall–Kier alpha value is -1.21. The van der Waals surface area contributed by atoms with E-state index >= 15 is 0 Å². The third-order valence-electron chi connectivity index (χ3n) is 2.73. The highest BCUT2D eigenvalue weighted by Crippen LogP contribution is 2.32. The number of anilines is 1. The lowest BCUT2D eigenvalue weighted by Gasteiger charge is -2.34. The van der Waals surface area contributed by atoms with Gasteiger partial charge in [0.1, 0.15) is 6.20 Å². The first-order valence-electron chi connectivity index (χ1n) is 5.05. The van der Waals surface area contributed by atoms with Crippen molar-refractivity contribution in [2.75, 3.05) is 18.5 Å². The monoisotopic (exact) mass is 243 g/mol. The second kappa shape index (κ2) is 4.34. The van der Waals surface area contributed by atoms with Gasteiger partial charge in [0.05, 0.1) is 11.0 Å². The van der Waals surface area contributed by atoms with E-state index in [4.69, 9.17) is 5.11 Å². The maximum atomic E-state index is 10.5. The highest BCUT2D eigenvalue weighted by Gasteiger charge is 2.28. The molecule has 7 heteroatoms. The van der Waals surface area contributed by atoms with Gasteiger partial charge in [-0.2, -0.15) is 0 Å². The number of aliphatic hydroxyl groups excluding tert-OH is 1. The van der Waals surface area contributed by atoms with E-state index in [2.05, 4.69) is 4.98 Å². The molecule has 1 aromatic heterocycles. The normalized spacial score (nSPS) is 23.9. The van der Waals surface area contributed by atoms with Gasteiger partial charge in [-0.3, -0.25) is 10.1 Å². The minimum absolute atomic E-state index is 0.0653. The number of hydrogen-bond acceptors (Lipinski definition) is 6. The molecular formula is C9H13N3O3S. The Labute approximate surface area is 96.7 Å². The number of nitrogens with zero attached hydrogens (tertiary/aromatic N) is 3. The van der Waals surface area contributed by atoms with Crippen LogP contribution in [0.2, 0.25) is 0 Å². The molecule has 88 valence electrons. The van der Waals surface area contributed by atoms with Gasteiger partial charge in [0, 0.05) is 13.6 Å². The lowest BCUT2D eigenvalue weighted by Crippen LogP contribution is -2.37. The highest BCUT2D eigenvalue weighted by molar-refractivity contribution is 7.18. The van der Waals surface area contributed by atoms with Gasteiger partial charge < -0.3 is 10.0 Å². The second-order valence-corrected chi connectivity index (χ2v) is 5.10. The van der Waals surface area contributed by atoms with E-state index in [9.17, 15) is 10.1 Å². The average Bonchev–Trinajstić information content (AvgIpc) is 2.63. The molecule has 1 N–H and O–H groups in total.